The summed E-state index contributed by atoms with van der Waals surface area (Å²) in [5.41, 5.74) is 6.24. The average Bonchev–Trinajstić information content (AvgIpc) is 2.90. The summed E-state index contributed by atoms with van der Waals surface area (Å²) in [6.07, 6.45) is 1.18. The predicted octanol–water partition coefficient (Wildman–Crippen LogP) is 2.42. The van der Waals surface area contributed by atoms with Gasteiger partial charge in [-0.25, -0.2) is 0 Å². The quantitative estimate of drug-likeness (QED) is 0.878. The molecule has 0 aliphatic heterocycles. The van der Waals surface area contributed by atoms with E-state index in [0.717, 1.165) is 6.42 Å². The Morgan fingerprint density at radius 1 is 1.16 bits per heavy atom. The number of nitrogens with two attached hydrogens (primary N) is 1. The first-order valence-electron chi connectivity index (χ1n) is 5.87. The number of rotatable bonds is 5. The van der Waals surface area contributed by atoms with Crippen molar-refractivity contribution in [3.63, 3.8) is 0 Å². The fourth-order valence-corrected chi connectivity index (χ4v) is 2.34. The van der Waals surface area contributed by atoms with Crippen LogP contribution >= 0.6 is 11.3 Å². The highest BCUT2D eigenvalue weighted by Gasteiger charge is 2.05. The van der Waals surface area contributed by atoms with Gasteiger partial charge in [0, 0.05) is 22.5 Å². The molecule has 0 saturated heterocycles. The molecule has 1 heterocycles. The van der Waals surface area contributed by atoms with Crippen LogP contribution in [0.3, 0.4) is 0 Å². The summed E-state index contributed by atoms with van der Waals surface area (Å²) in [6.45, 7) is 0. The summed E-state index contributed by atoms with van der Waals surface area (Å²) < 4.78 is 0. The Morgan fingerprint density at radius 3 is 2.47 bits per heavy atom. The molecular formula is C14H14N2O2S. The molecule has 0 atom stereocenters. The molecular weight excluding hydrogens is 260 g/mol. The molecule has 0 saturated carbocycles. The van der Waals surface area contributed by atoms with Gasteiger partial charge in [-0.3, -0.25) is 9.59 Å². The van der Waals surface area contributed by atoms with Crippen molar-refractivity contribution in [1.82, 2.24) is 0 Å². The maximum atomic E-state index is 11.7. The third kappa shape index (κ3) is 3.93. The Morgan fingerprint density at radius 2 is 1.89 bits per heavy atom. The van der Waals surface area contributed by atoms with Gasteiger partial charge in [-0.05, 0) is 42.1 Å². The second-order valence-electron chi connectivity index (χ2n) is 4.07. The van der Waals surface area contributed by atoms with E-state index >= 15 is 0 Å². The van der Waals surface area contributed by atoms with Crippen molar-refractivity contribution in [2.75, 3.05) is 5.32 Å². The van der Waals surface area contributed by atoms with Crippen molar-refractivity contribution in [2.45, 2.75) is 12.8 Å². The maximum Gasteiger partial charge on any atom is 0.248 e. The Hall–Kier alpha value is -2.14. The van der Waals surface area contributed by atoms with Gasteiger partial charge in [-0.2, -0.15) is 0 Å². The van der Waals surface area contributed by atoms with Crippen LogP contribution in [0.25, 0.3) is 0 Å². The summed E-state index contributed by atoms with van der Waals surface area (Å²) in [5, 5.41) is 4.78. The summed E-state index contributed by atoms with van der Waals surface area (Å²) >= 11 is 1.64. The SMILES string of the molecule is NC(=O)c1ccc(NC(=O)CCc2cccs2)cc1. The molecule has 1 aromatic heterocycles. The summed E-state index contributed by atoms with van der Waals surface area (Å²) in [7, 11) is 0. The molecule has 0 aliphatic rings. The van der Waals surface area contributed by atoms with E-state index in [1.165, 1.54) is 4.88 Å². The first kappa shape index (κ1) is 13.3. The zero-order chi connectivity index (χ0) is 13.7. The summed E-state index contributed by atoms with van der Waals surface area (Å²) in [6, 6.07) is 10.5. The topological polar surface area (TPSA) is 72.2 Å². The molecule has 5 heteroatoms. The van der Waals surface area contributed by atoms with Crippen molar-refractivity contribution in [1.29, 1.82) is 0 Å². The number of aryl methyl sites for hydroxylation is 1. The van der Waals surface area contributed by atoms with Crippen molar-refractivity contribution < 1.29 is 9.59 Å². The summed E-state index contributed by atoms with van der Waals surface area (Å²) in [5.74, 6) is -0.518. The number of hydrogen-bond donors (Lipinski definition) is 2. The minimum atomic E-state index is -0.476. The molecule has 2 amide bonds. The van der Waals surface area contributed by atoms with Gasteiger partial charge in [0.1, 0.15) is 0 Å². The average molecular weight is 274 g/mol. The molecule has 19 heavy (non-hydrogen) atoms. The van der Waals surface area contributed by atoms with Gasteiger partial charge >= 0.3 is 0 Å². The van der Waals surface area contributed by atoms with Gasteiger partial charge in [-0.1, -0.05) is 6.07 Å². The van der Waals surface area contributed by atoms with Crippen LogP contribution in [-0.4, -0.2) is 11.8 Å². The Labute approximate surface area is 115 Å². The molecule has 0 fully saturated rings. The van der Waals surface area contributed by atoms with Crippen molar-refractivity contribution in [3.8, 4) is 0 Å². The fraction of sp³-hybridized carbons (Fsp3) is 0.143. The first-order valence-corrected chi connectivity index (χ1v) is 6.75. The summed E-state index contributed by atoms with van der Waals surface area (Å²) in [4.78, 5) is 23.8. The number of hydrogen-bond acceptors (Lipinski definition) is 3. The van der Waals surface area contributed by atoms with E-state index in [2.05, 4.69) is 5.32 Å². The van der Waals surface area contributed by atoms with Crippen LogP contribution in [0.4, 0.5) is 5.69 Å². The number of thiophene rings is 1. The number of anilines is 1. The monoisotopic (exact) mass is 274 g/mol. The minimum Gasteiger partial charge on any atom is -0.366 e. The molecule has 98 valence electrons. The molecule has 2 aromatic rings. The normalized spacial score (nSPS) is 10.1. The van der Waals surface area contributed by atoms with Gasteiger partial charge in [0.25, 0.3) is 0 Å². The molecule has 2 rings (SSSR count). The van der Waals surface area contributed by atoms with E-state index in [1.54, 1.807) is 35.6 Å². The van der Waals surface area contributed by atoms with Crippen LogP contribution in [0.1, 0.15) is 21.7 Å². The lowest BCUT2D eigenvalue weighted by Gasteiger charge is -2.05. The van der Waals surface area contributed by atoms with Crippen molar-refractivity contribution in [3.05, 3.63) is 52.2 Å². The van der Waals surface area contributed by atoms with Crippen LogP contribution in [-0.2, 0) is 11.2 Å². The van der Waals surface area contributed by atoms with Crippen LogP contribution in [0, 0.1) is 0 Å². The zero-order valence-corrected chi connectivity index (χ0v) is 11.1. The van der Waals surface area contributed by atoms with Crippen molar-refractivity contribution in [2.24, 2.45) is 5.73 Å². The second kappa shape index (κ2) is 6.15. The molecule has 4 nitrogen and oxygen atoms in total. The Bertz CT molecular complexity index is 562. The number of amides is 2. The van der Waals surface area contributed by atoms with Gasteiger partial charge in [0.05, 0.1) is 0 Å². The minimum absolute atomic E-state index is 0.0415. The highest BCUT2D eigenvalue weighted by molar-refractivity contribution is 7.09. The molecule has 0 spiro atoms. The lowest BCUT2D eigenvalue weighted by Crippen LogP contribution is -2.13. The Balaban J connectivity index is 1.86. The van der Waals surface area contributed by atoms with Crippen LogP contribution in [0.5, 0.6) is 0 Å². The molecule has 0 bridgehead atoms. The molecule has 1 aromatic carbocycles. The zero-order valence-electron chi connectivity index (χ0n) is 10.3. The van der Waals surface area contributed by atoms with Crippen LogP contribution < -0.4 is 11.1 Å². The van der Waals surface area contributed by atoms with Crippen molar-refractivity contribution >= 4 is 28.8 Å². The first-order chi connectivity index (χ1) is 9.15. The number of nitrogens with one attached hydrogen (secondary N) is 1. The van der Waals surface area contributed by atoms with E-state index in [1.807, 2.05) is 17.5 Å². The highest BCUT2D eigenvalue weighted by Crippen LogP contribution is 2.13. The van der Waals surface area contributed by atoms with E-state index < -0.39 is 5.91 Å². The van der Waals surface area contributed by atoms with E-state index in [9.17, 15) is 9.59 Å². The van der Waals surface area contributed by atoms with Gasteiger partial charge in [0.15, 0.2) is 0 Å². The number of benzene rings is 1. The van der Waals surface area contributed by atoms with Crippen LogP contribution in [0.2, 0.25) is 0 Å². The Kier molecular flexibility index (Phi) is 4.30. The number of carbonyl (C=O) groups is 2. The van der Waals surface area contributed by atoms with E-state index in [-0.39, 0.29) is 5.91 Å². The number of primary amides is 1. The lowest BCUT2D eigenvalue weighted by atomic mass is 10.2. The fourth-order valence-electron chi connectivity index (χ4n) is 1.63. The molecule has 0 aliphatic carbocycles. The standard InChI is InChI=1S/C14H14N2O2S/c15-14(18)10-3-5-11(6-4-10)16-13(17)8-7-12-2-1-9-19-12/h1-6,9H,7-8H2,(H2,15,18)(H,16,17). The maximum absolute atomic E-state index is 11.7. The third-order valence-electron chi connectivity index (χ3n) is 2.63. The third-order valence-corrected chi connectivity index (χ3v) is 3.57. The second-order valence-corrected chi connectivity index (χ2v) is 5.10. The van der Waals surface area contributed by atoms with Gasteiger partial charge < -0.3 is 11.1 Å². The highest BCUT2D eigenvalue weighted by atomic mass is 32.1. The molecule has 0 radical (unpaired) electrons. The van der Waals surface area contributed by atoms with Gasteiger partial charge in [0.2, 0.25) is 11.8 Å². The van der Waals surface area contributed by atoms with Crippen LogP contribution in [0.15, 0.2) is 41.8 Å². The molecule has 0 unspecified atom stereocenters. The van der Waals surface area contributed by atoms with Gasteiger partial charge in [-0.15, -0.1) is 11.3 Å². The number of carbonyl (C=O) groups excluding carboxylic acids is 2. The largest absolute Gasteiger partial charge is 0.366 e. The lowest BCUT2D eigenvalue weighted by molar-refractivity contribution is -0.116. The molecule has 3 N–H and O–H groups in total. The van der Waals surface area contributed by atoms with E-state index in [0.29, 0.717) is 17.7 Å². The predicted molar refractivity (Wildman–Crippen MR) is 76.2 cm³/mol. The smallest absolute Gasteiger partial charge is 0.248 e. The van der Waals surface area contributed by atoms with E-state index in [4.69, 9.17) is 5.73 Å².